The van der Waals surface area contributed by atoms with E-state index < -0.39 is 10.0 Å². The van der Waals surface area contributed by atoms with Gasteiger partial charge in [0.25, 0.3) is 0 Å². The number of halogens is 1. The molecule has 0 aromatic heterocycles. The lowest BCUT2D eigenvalue weighted by atomic mass is 9.84. The van der Waals surface area contributed by atoms with Crippen molar-refractivity contribution in [2.75, 3.05) is 47.5 Å². The fourth-order valence-corrected chi connectivity index (χ4v) is 4.20. The maximum Gasteiger partial charge on any atom is 0.242 e. The predicted molar refractivity (Wildman–Crippen MR) is 121 cm³/mol. The lowest BCUT2D eigenvalue weighted by Gasteiger charge is -2.27. The van der Waals surface area contributed by atoms with Gasteiger partial charge in [0, 0.05) is 52.9 Å². The van der Waals surface area contributed by atoms with E-state index in [9.17, 15) is 13.5 Å². The van der Waals surface area contributed by atoms with Crippen molar-refractivity contribution < 1.29 is 18.3 Å². The van der Waals surface area contributed by atoms with E-state index in [1.807, 2.05) is 6.07 Å². The maximum absolute atomic E-state index is 12.5. The monoisotopic (exact) mass is 526 g/mol. The molecule has 0 bridgehead atoms. The van der Waals surface area contributed by atoms with Gasteiger partial charge in [-0.15, -0.1) is 24.0 Å². The van der Waals surface area contributed by atoms with E-state index in [2.05, 4.69) is 15.6 Å². The minimum atomic E-state index is -3.52. The van der Waals surface area contributed by atoms with Gasteiger partial charge in [0.2, 0.25) is 10.0 Å². The number of nitrogens with one attached hydrogen (secondary N) is 2. The highest BCUT2D eigenvalue weighted by Gasteiger charge is 2.34. The van der Waals surface area contributed by atoms with Gasteiger partial charge >= 0.3 is 0 Å². The molecule has 1 unspecified atom stereocenters. The number of rotatable bonds is 8. The Labute approximate surface area is 184 Å². The number of aliphatic imine (C=N–C) groups is 1. The summed E-state index contributed by atoms with van der Waals surface area (Å²) in [7, 11) is 1.19. The van der Waals surface area contributed by atoms with Crippen molar-refractivity contribution in [3.63, 3.8) is 0 Å². The van der Waals surface area contributed by atoms with Crippen molar-refractivity contribution in [3.8, 4) is 0 Å². The number of aliphatic hydroxyl groups is 1. The molecule has 3 N–H and O–H groups in total. The van der Waals surface area contributed by atoms with Crippen LogP contribution in [0.1, 0.15) is 18.4 Å². The summed E-state index contributed by atoms with van der Waals surface area (Å²) in [6, 6.07) is 6.92. The highest BCUT2D eigenvalue weighted by molar-refractivity contribution is 14.0. The summed E-state index contributed by atoms with van der Waals surface area (Å²) in [5.41, 5.74) is 0.571. The van der Waals surface area contributed by atoms with Crippen molar-refractivity contribution in [2.45, 2.75) is 24.3 Å². The molecule has 1 atom stereocenters. The highest BCUT2D eigenvalue weighted by atomic mass is 127. The van der Waals surface area contributed by atoms with Gasteiger partial charge in [-0.25, -0.2) is 12.7 Å². The summed E-state index contributed by atoms with van der Waals surface area (Å²) in [5, 5.41) is 15.8. The molecule has 0 amide bonds. The van der Waals surface area contributed by atoms with Crippen molar-refractivity contribution >= 4 is 40.0 Å². The maximum atomic E-state index is 12.5. The second kappa shape index (κ2) is 11.3. The molecule has 0 spiro atoms. The standard InChI is InChI=1S/C18H30N4O4S.HI/c1-19-17(21-13-18(8-10-23)9-11-26-14-18)20-12-15-6-4-5-7-16(15)27(24,25)22(2)3;/h4-7,23H,8-14H2,1-3H3,(H2,19,20,21);1H. The van der Waals surface area contributed by atoms with Crippen LogP contribution in [0.2, 0.25) is 0 Å². The predicted octanol–water partition coefficient (Wildman–Crippen LogP) is 1.01. The molecule has 8 nitrogen and oxygen atoms in total. The summed E-state index contributed by atoms with van der Waals surface area (Å²) in [4.78, 5) is 4.49. The van der Waals surface area contributed by atoms with E-state index in [-0.39, 0.29) is 40.9 Å². The number of ether oxygens (including phenoxy) is 1. The molecule has 10 heteroatoms. The van der Waals surface area contributed by atoms with Crippen LogP contribution in [0, 0.1) is 5.41 Å². The minimum Gasteiger partial charge on any atom is -0.396 e. The summed E-state index contributed by atoms with van der Waals surface area (Å²) in [6.45, 7) is 2.38. The Morgan fingerprint density at radius 3 is 2.61 bits per heavy atom. The molecule has 1 aromatic carbocycles. The Morgan fingerprint density at radius 1 is 1.32 bits per heavy atom. The number of benzene rings is 1. The van der Waals surface area contributed by atoms with E-state index in [0.29, 0.717) is 44.2 Å². The Bertz CT molecular complexity index is 750. The molecule has 0 aliphatic carbocycles. The molecule has 1 aliphatic heterocycles. The summed E-state index contributed by atoms with van der Waals surface area (Å²) in [5.74, 6) is 0.580. The minimum absolute atomic E-state index is 0. The Kier molecular flexibility index (Phi) is 10.1. The van der Waals surface area contributed by atoms with E-state index in [1.165, 1.54) is 18.4 Å². The van der Waals surface area contributed by atoms with Crippen molar-refractivity contribution in [3.05, 3.63) is 29.8 Å². The number of hydrogen-bond acceptors (Lipinski definition) is 5. The number of sulfonamides is 1. The fourth-order valence-electron chi connectivity index (χ4n) is 3.08. The van der Waals surface area contributed by atoms with Gasteiger partial charge in [-0.3, -0.25) is 4.99 Å². The van der Waals surface area contributed by atoms with Crippen LogP contribution in [-0.2, 0) is 21.3 Å². The zero-order valence-electron chi connectivity index (χ0n) is 16.6. The van der Waals surface area contributed by atoms with Gasteiger partial charge in [-0.05, 0) is 24.5 Å². The number of guanidine groups is 1. The average molecular weight is 526 g/mol. The average Bonchev–Trinajstić information content (AvgIpc) is 3.11. The van der Waals surface area contributed by atoms with Crippen molar-refractivity contribution in [1.29, 1.82) is 0 Å². The highest BCUT2D eigenvalue weighted by Crippen LogP contribution is 2.31. The Hall–Kier alpha value is -0.950. The van der Waals surface area contributed by atoms with Gasteiger partial charge in [-0.1, -0.05) is 18.2 Å². The fraction of sp³-hybridized carbons (Fsp3) is 0.611. The Morgan fingerprint density at radius 2 is 2.04 bits per heavy atom. The Balaban J connectivity index is 0.00000392. The second-order valence-corrected chi connectivity index (χ2v) is 9.07. The van der Waals surface area contributed by atoms with Crippen LogP contribution in [0.4, 0.5) is 0 Å². The molecule has 2 rings (SSSR count). The first kappa shape index (κ1) is 25.1. The molecular formula is C18H31IN4O4S. The first-order valence-electron chi connectivity index (χ1n) is 8.98. The zero-order valence-corrected chi connectivity index (χ0v) is 19.8. The van der Waals surface area contributed by atoms with Crippen molar-refractivity contribution in [2.24, 2.45) is 10.4 Å². The van der Waals surface area contributed by atoms with E-state index in [4.69, 9.17) is 4.74 Å². The third-order valence-electron chi connectivity index (χ3n) is 4.86. The van der Waals surface area contributed by atoms with E-state index >= 15 is 0 Å². The first-order valence-corrected chi connectivity index (χ1v) is 10.4. The molecule has 28 heavy (non-hydrogen) atoms. The van der Waals surface area contributed by atoms with Crippen LogP contribution in [-0.4, -0.2) is 71.3 Å². The summed E-state index contributed by atoms with van der Waals surface area (Å²) >= 11 is 0. The molecule has 0 saturated carbocycles. The van der Waals surface area contributed by atoms with Gasteiger partial charge in [0.1, 0.15) is 0 Å². The summed E-state index contributed by atoms with van der Waals surface area (Å²) < 4.78 is 31.7. The largest absolute Gasteiger partial charge is 0.396 e. The van der Waals surface area contributed by atoms with Gasteiger partial charge in [0.05, 0.1) is 11.5 Å². The lowest BCUT2D eigenvalue weighted by molar-refractivity contribution is 0.127. The molecular weight excluding hydrogens is 495 g/mol. The number of nitrogens with zero attached hydrogens (tertiary/aromatic N) is 2. The van der Waals surface area contributed by atoms with Crippen LogP contribution in [0.25, 0.3) is 0 Å². The van der Waals surface area contributed by atoms with Gasteiger partial charge in [0.15, 0.2) is 5.96 Å². The third kappa shape index (κ3) is 6.28. The molecule has 1 saturated heterocycles. The molecule has 160 valence electrons. The third-order valence-corrected chi connectivity index (χ3v) is 6.77. The number of hydrogen-bond donors (Lipinski definition) is 3. The zero-order chi connectivity index (χ0) is 19.9. The van der Waals surface area contributed by atoms with Crippen LogP contribution in [0.5, 0.6) is 0 Å². The van der Waals surface area contributed by atoms with Gasteiger partial charge in [-0.2, -0.15) is 0 Å². The van der Waals surface area contributed by atoms with Crippen LogP contribution in [0.3, 0.4) is 0 Å². The van der Waals surface area contributed by atoms with Crippen molar-refractivity contribution in [1.82, 2.24) is 14.9 Å². The molecule has 1 fully saturated rings. The van der Waals surface area contributed by atoms with Crippen LogP contribution in [0.15, 0.2) is 34.2 Å². The van der Waals surface area contributed by atoms with Crippen LogP contribution >= 0.6 is 24.0 Å². The topological polar surface area (TPSA) is 103 Å². The SMILES string of the molecule is CN=C(NCc1ccccc1S(=O)(=O)N(C)C)NCC1(CCO)CCOC1.I. The number of aliphatic hydroxyl groups excluding tert-OH is 1. The van der Waals surface area contributed by atoms with E-state index in [1.54, 1.807) is 25.2 Å². The lowest BCUT2D eigenvalue weighted by Crippen LogP contribution is -2.44. The molecule has 1 heterocycles. The molecule has 1 aromatic rings. The smallest absolute Gasteiger partial charge is 0.242 e. The van der Waals surface area contributed by atoms with Crippen LogP contribution < -0.4 is 10.6 Å². The molecule has 0 radical (unpaired) electrons. The summed E-state index contributed by atoms with van der Waals surface area (Å²) in [6.07, 6.45) is 1.56. The normalized spacial score (nSPS) is 20.1. The van der Waals surface area contributed by atoms with E-state index in [0.717, 1.165) is 6.42 Å². The first-order chi connectivity index (χ1) is 12.8. The molecule has 1 aliphatic rings. The van der Waals surface area contributed by atoms with Gasteiger partial charge < -0.3 is 20.5 Å². The second-order valence-electron chi connectivity index (χ2n) is 6.95. The quantitative estimate of drug-likeness (QED) is 0.266.